The average molecular weight is 361 g/mol. The van der Waals surface area contributed by atoms with Crippen molar-refractivity contribution in [3.63, 3.8) is 0 Å². The van der Waals surface area contributed by atoms with Gasteiger partial charge in [0, 0.05) is 11.3 Å². The van der Waals surface area contributed by atoms with Gasteiger partial charge in [-0.3, -0.25) is 4.79 Å². The van der Waals surface area contributed by atoms with Crippen molar-refractivity contribution in [1.82, 2.24) is 0 Å². The number of esters is 1. The lowest BCUT2D eigenvalue weighted by molar-refractivity contribution is -0.116. The number of carbonyl (C=O) groups excluding carboxylic acids is 2. The molecule has 0 atom stereocenters. The molecule has 0 aliphatic rings. The first kappa shape index (κ1) is 19.0. The van der Waals surface area contributed by atoms with Gasteiger partial charge in [-0.1, -0.05) is 25.1 Å². The number of ether oxygens (including phenoxy) is 2. The number of benzene rings is 1. The molecule has 0 aliphatic heterocycles. The highest BCUT2D eigenvalue weighted by molar-refractivity contribution is 7.16. The van der Waals surface area contributed by atoms with E-state index in [9.17, 15) is 9.59 Å². The first-order valence-corrected chi connectivity index (χ1v) is 9.12. The van der Waals surface area contributed by atoms with Gasteiger partial charge in [0.05, 0.1) is 19.3 Å². The topological polar surface area (TPSA) is 64.6 Å². The van der Waals surface area contributed by atoms with Crippen molar-refractivity contribution in [2.75, 3.05) is 19.0 Å². The van der Waals surface area contributed by atoms with E-state index in [0.717, 1.165) is 22.6 Å². The van der Waals surface area contributed by atoms with Crippen molar-refractivity contribution in [3.05, 3.63) is 46.3 Å². The summed E-state index contributed by atoms with van der Waals surface area (Å²) in [4.78, 5) is 25.4. The molecule has 0 spiro atoms. The van der Waals surface area contributed by atoms with E-state index < -0.39 is 5.97 Å². The zero-order valence-corrected chi connectivity index (χ0v) is 15.6. The number of hydrogen-bond acceptors (Lipinski definition) is 5. The van der Waals surface area contributed by atoms with E-state index in [4.69, 9.17) is 9.47 Å². The molecule has 0 radical (unpaired) electrons. The number of hydrogen-bond donors (Lipinski definition) is 1. The first-order valence-electron chi connectivity index (χ1n) is 8.30. The third-order valence-electron chi connectivity index (χ3n) is 3.69. The van der Waals surface area contributed by atoms with Crippen LogP contribution in [0, 0.1) is 0 Å². The van der Waals surface area contributed by atoms with Crippen LogP contribution in [0.3, 0.4) is 0 Å². The van der Waals surface area contributed by atoms with Gasteiger partial charge >= 0.3 is 5.97 Å². The van der Waals surface area contributed by atoms with Crippen LogP contribution in [0.4, 0.5) is 5.00 Å². The Kier molecular flexibility index (Phi) is 7.01. The lowest BCUT2D eigenvalue weighted by Crippen LogP contribution is -2.14. The third-order valence-corrected chi connectivity index (χ3v) is 4.89. The number of rotatable bonds is 8. The van der Waals surface area contributed by atoms with Crippen LogP contribution in [0.5, 0.6) is 5.75 Å². The Morgan fingerprint density at radius 3 is 2.64 bits per heavy atom. The number of para-hydroxylation sites is 1. The van der Waals surface area contributed by atoms with Gasteiger partial charge in [-0.2, -0.15) is 0 Å². The van der Waals surface area contributed by atoms with Gasteiger partial charge in [0.2, 0.25) is 5.91 Å². The molecule has 0 fully saturated rings. The summed E-state index contributed by atoms with van der Waals surface area (Å²) in [5.74, 6) is 0.228. The second-order valence-corrected chi connectivity index (χ2v) is 6.53. The molecule has 1 N–H and O–H groups in total. The first-order chi connectivity index (χ1) is 12.1. The molecule has 0 saturated heterocycles. The Hall–Kier alpha value is -2.34. The normalized spacial score (nSPS) is 10.4. The van der Waals surface area contributed by atoms with E-state index in [1.807, 2.05) is 31.2 Å². The quantitative estimate of drug-likeness (QED) is 0.720. The number of amides is 1. The van der Waals surface area contributed by atoms with Crippen LogP contribution < -0.4 is 10.1 Å². The van der Waals surface area contributed by atoms with Crippen LogP contribution >= 0.6 is 11.3 Å². The summed E-state index contributed by atoms with van der Waals surface area (Å²) in [5, 5.41) is 3.41. The summed E-state index contributed by atoms with van der Waals surface area (Å²) in [6.45, 7) is 4.07. The SMILES string of the molecule is CCOC(=O)c1cc(CC)sc1NC(=O)CCc1ccccc1OC. The molecule has 2 rings (SSSR count). The highest BCUT2D eigenvalue weighted by Crippen LogP contribution is 2.29. The minimum atomic E-state index is -0.404. The number of thiophene rings is 1. The summed E-state index contributed by atoms with van der Waals surface area (Å²) < 4.78 is 10.4. The highest BCUT2D eigenvalue weighted by Gasteiger charge is 2.18. The molecule has 1 heterocycles. The Labute approximate surface area is 152 Å². The standard InChI is InChI=1S/C19H23NO4S/c1-4-14-12-15(19(22)24-5-2)18(25-14)20-17(21)11-10-13-8-6-7-9-16(13)23-3/h6-9,12H,4-5,10-11H2,1-3H3,(H,20,21). The molecule has 25 heavy (non-hydrogen) atoms. The Morgan fingerprint density at radius 2 is 1.96 bits per heavy atom. The van der Waals surface area contributed by atoms with E-state index >= 15 is 0 Å². The van der Waals surface area contributed by atoms with Gasteiger partial charge in [-0.25, -0.2) is 4.79 Å². The van der Waals surface area contributed by atoms with E-state index in [0.29, 0.717) is 30.0 Å². The molecule has 2 aromatic rings. The molecule has 0 saturated carbocycles. The fourth-order valence-electron chi connectivity index (χ4n) is 2.42. The second kappa shape index (κ2) is 9.22. The maximum Gasteiger partial charge on any atom is 0.341 e. The van der Waals surface area contributed by atoms with Crippen LogP contribution in [-0.2, 0) is 22.4 Å². The molecule has 6 heteroatoms. The van der Waals surface area contributed by atoms with Gasteiger partial charge in [0.15, 0.2) is 0 Å². The molecule has 0 aliphatic carbocycles. The van der Waals surface area contributed by atoms with Gasteiger partial charge in [0.1, 0.15) is 10.8 Å². The van der Waals surface area contributed by atoms with Crippen molar-refractivity contribution in [2.24, 2.45) is 0 Å². The van der Waals surface area contributed by atoms with Gasteiger partial charge in [0.25, 0.3) is 0 Å². The maximum atomic E-state index is 12.3. The maximum absolute atomic E-state index is 12.3. The summed E-state index contributed by atoms with van der Waals surface area (Å²) in [5.41, 5.74) is 1.40. The lowest BCUT2D eigenvalue weighted by Gasteiger charge is -2.09. The fraction of sp³-hybridized carbons (Fsp3) is 0.368. The average Bonchev–Trinajstić information content (AvgIpc) is 3.03. The number of aryl methyl sites for hydroxylation is 2. The number of nitrogens with one attached hydrogen (secondary N) is 1. The van der Waals surface area contributed by atoms with E-state index in [1.54, 1.807) is 20.1 Å². The molecular weight excluding hydrogens is 338 g/mol. The van der Waals surface area contributed by atoms with Crippen LogP contribution in [0.25, 0.3) is 0 Å². The molecule has 1 amide bonds. The lowest BCUT2D eigenvalue weighted by atomic mass is 10.1. The molecule has 0 unspecified atom stereocenters. The zero-order chi connectivity index (χ0) is 18.2. The van der Waals surface area contributed by atoms with E-state index in [2.05, 4.69) is 5.32 Å². The Bertz CT molecular complexity index is 739. The number of anilines is 1. The van der Waals surface area contributed by atoms with Crippen molar-refractivity contribution in [2.45, 2.75) is 33.1 Å². The van der Waals surface area contributed by atoms with Crippen molar-refractivity contribution in [3.8, 4) is 5.75 Å². The van der Waals surface area contributed by atoms with Crippen molar-refractivity contribution in [1.29, 1.82) is 0 Å². The van der Waals surface area contributed by atoms with E-state index in [-0.39, 0.29) is 5.91 Å². The fourth-order valence-corrected chi connectivity index (χ4v) is 3.42. The molecular formula is C19H23NO4S. The summed E-state index contributed by atoms with van der Waals surface area (Å²) in [6, 6.07) is 9.42. The van der Waals surface area contributed by atoms with E-state index in [1.165, 1.54) is 11.3 Å². The number of methoxy groups -OCH3 is 1. The van der Waals surface area contributed by atoms with Gasteiger partial charge in [-0.05, 0) is 37.5 Å². The number of carbonyl (C=O) groups is 2. The van der Waals surface area contributed by atoms with Crippen molar-refractivity contribution >= 4 is 28.2 Å². The smallest absolute Gasteiger partial charge is 0.341 e. The summed E-state index contributed by atoms with van der Waals surface area (Å²) in [7, 11) is 1.61. The van der Waals surface area contributed by atoms with Gasteiger partial charge in [-0.15, -0.1) is 11.3 Å². The summed E-state index contributed by atoms with van der Waals surface area (Å²) in [6.07, 6.45) is 1.67. The second-order valence-electron chi connectivity index (χ2n) is 5.39. The Morgan fingerprint density at radius 1 is 1.20 bits per heavy atom. The third kappa shape index (κ3) is 5.06. The molecule has 0 bridgehead atoms. The minimum Gasteiger partial charge on any atom is -0.496 e. The molecule has 1 aromatic carbocycles. The predicted octanol–water partition coefficient (Wildman–Crippen LogP) is 4.07. The van der Waals surface area contributed by atoms with Crippen LogP contribution in [0.1, 0.15) is 41.1 Å². The monoisotopic (exact) mass is 361 g/mol. The molecule has 5 nitrogen and oxygen atoms in total. The van der Waals surface area contributed by atoms with Crippen LogP contribution in [0.2, 0.25) is 0 Å². The van der Waals surface area contributed by atoms with Crippen molar-refractivity contribution < 1.29 is 19.1 Å². The predicted molar refractivity (Wildman–Crippen MR) is 99.6 cm³/mol. The summed E-state index contributed by atoms with van der Waals surface area (Å²) >= 11 is 1.41. The minimum absolute atomic E-state index is 0.138. The van der Waals surface area contributed by atoms with Crippen LogP contribution in [0.15, 0.2) is 30.3 Å². The molecule has 134 valence electrons. The zero-order valence-electron chi connectivity index (χ0n) is 14.8. The van der Waals surface area contributed by atoms with Gasteiger partial charge < -0.3 is 14.8 Å². The Balaban J connectivity index is 2.04. The largest absolute Gasteiger partial charge is 0.496 e. The van der Waals surface area contributed by atoms with Crippen LogP contribution in [-0.4, -0.2) is 25.6 Å². The molecule has 1 aromatic heterocycles. The highest BCUT2D eigenvalue weighted by atomic mass is 32.1.